The van der Waals surface area contributed by atoms with Gasteiger partial charge in [0.05, 0.1) is 12.1 Å². The van der Waals surface area contributed by atoms with Gasteiger partial charge in [-0.3, -0.25) is 14.2 Å². The minimum absolute atomic E-state index is 0.0389. The van der Waals surface area contributed by atoms with Gasteiger partial charge in [-0.15, -0.1) is 0 Å². The first-order chi connectivity index (χ1) is 17.8. The van der Waals surface area contributed by atoms with Gasteiger partial charge in [0.25, 0.3) is 0 Å². The fraction of sp³-hybridized carbons (Fsp3) is 0.476. The second-order valence-electron chi connectivity index (χ2n) is 7.88. The van der Waals surface area contributed by atoms with Crippen LogP contribution < -0.4 is 17.5 Å². The molecule has 0 radical (unpaired) electrons. The molecule has 3 aromatic rings. The summed E-state index contributed by atoms with van der Waals surface area (Å²) in [6, 6.07) is 0. The predicted molar refractivity (Wildman–Crippen MR) is 118 cm³/mol. The Morgan fingerprint density at radius 1 is 0.763 bits per heavy atom. The maximum atomic E-state index is 13.7. The highest BCUT2D eigenvalue weighted by atomic mass is 31.2. The molecule has 0 aliphatic heterocycles. The van der Waals surface area contributed by atoms with Crippen molar-refractivity contribution in [3.63, 3.8) is 0 Å². The zero-order chi connectivity index (χ0) is 28.0. The fourth-order valence-corrected chi connectivity index (χ4v) is 4.87. The van der Waals surface area contributed by atoms with Crippen LogP contribution in [0.2, 0.25) is 0 Å². The Morgan fingerprint density at radius 2 is 1.18 bits per heavy atom. The zero-order valence-electron chi connectivity index (χ0n) is 20.3. The van der Waals surface area contributed by atoms with Crippen molar-refractivity contribution < 1.29 is 59.5 Å². The minimum Gasteiger partial charge on any atom is -0.481 e. The first-order valence-corrected chi connectivity index (χ1v) is 12.6. The lowest BCUT2D eigenvalue weighted by molar-refractivity contribution is -0.150. The summed E-state index contributed by atoms with van der Waals surface area (Å²) in [6.45, 7) is 2.50. The number of rotatable bonds is 14. The van der Waals surface area contributed by atoms with Crippen molar-refractivity contribution in [1.82, 2.24) is 0 Å². The molecule has 0 spiro atoms. The lowest BCUT2D eigenvalue weighted by atomic mass is 10.1. The van der Waals surface area contributed by atoms with E-state index in [-0.39, 0.29) is 41.0 Å². The van der Waals surface area contributed by atoms with Gasteiger partial charge in [-0.25, -0.2) is 14.4 Å². The molecule has 0 saturated heterocycles. The fourth-order valence-electron chi connectivity index (χ4n) is 3.08. The van der Waals surface area contributed by atoms with E-state index < -0.39 is 75.3 Å². The Kier molecular flexibility index (Phi) is 9.14. The van der Waals surface area contributed by atoms with Gasteiger partial charge in [0, 0.05) is 6.42 Å². The molecule has 3 heterocycles. The molecule has 0 fully saturated rings. The first kappa shape index (κ1) is 28.7. The number of ether oxygens (including phenoxy) is 1. The van der Waals surface area contributed by atoms with Gasteiger partial charge < -0.3 is 45.4 Å². The van der Waals surface area contributed by atoms with Gasteiger partial charge in [0.1, 0.15) is 24.7 Å². The monoisotopic (exact) mass is 562 g/mol. The summed E-state index contributed by atoms with van der Waals surface area (Å²) in [4.78, 5) is 57.9. The maximum Gasteiger partial charge on any atom is 0.519 e. The molecule has 17 heteroatoms. The average molecular weight is 562 g/mol. The number of carboxylic acid groups (broad SMARTS) is 1. The number of esters is 1. The topological polar surface area (TPSA) is 229 Å². The normalized spacial score (nSPS) is 12.5. The molecule has 1 atom stereocenters. The molecule has 1 N–H and O–H groups in total. The van der Waals surface area contributed by atoms with E-state index in [2.05, 4.69) is 4.42 Å². The lowest BCUT2D eigenvalue weighted by Crippen LogP contribution is -2.23. The summed E-state index contributed by atoms with van der Waals surface area (Å²) in [5.74, 6) is -6.82. The third-order valence-corrected chi connectivity index (χ3v) is 7.05. The zero-order valence-corrected chi connectivity index (χ0v) is 21.2. The number of carbonyl (C=O) groups excluding carboxylic acids is 1. The molecule has 0 aliphatic rings. The second kappa shape index (κ2) is 12.1. The largest absolute Gasteiger partial charge is 0.519 e. The van der Waals surface area contributed by atoms with Crippen molar-refractivity contribution in [1.29, 1.82) is 0 Å². The molecule has 0 saturated carbocycles. The number of hydrogen-bond donors (Lipinski definition) is 1. The highest BCUT2D eigenvalue weighted by Gasteiger charge is 2.36. The second-order valence-corrected chi connectivity index (χ2v) is 9.98. The third-order valence-electron chi connectivity index (χ3n) is 5.12. The summed E-state index contributed by atoms with van der Waals surface area (Å²) in [7, 11) is -4.34. The molecule has 0 aromatic carbocycles. The van der Waals surface area contributed by atoms with Gasteiger partial charge >= 0.3 is 37.0 Å². The van der Waals surface area contributed by atoms with Crippen molar-refractivity contribution in [3.8, 4) is 0 Å². The standard InChI is InChI=1S/C21H23O16P/c1-10-14(35-19(25)32-10)6-29-18(24)13(4-5-17(22)23)9-38(28,30-7-15-11(2)33-20(26)36-15)31-8-16-12(3)34-21(27)37-16/h13H,4-9H2,1-3H3,(H,22,23). The van der Waals surface area contributed by atoms with Crippen molar-refractivity contribution in [2.45, 2.75) is 53.4 Å². The Hall–Kier alpha value is -3.88. The van der Waals surface area contributed by atoms with Crippen LogP contribution in [0, 0.1) is 26.7 Å². The highest BCUT2D eigenvalue weighted by molar-refractivity contribution is 7.53. The first-order valence-electron chi connectivity index (χ1n) is 10.9. The van der Waals surface area contributed by atoms with E-state index in [9.17, 15) is 28.5 Å². The SMILES string of the molecule is Cc1oc(=O)oc1COC(=O)C(CCC(=O)O)CP(=O)(OCc1oc(=O)oc1C)OCc1oc(=O)oc1C. The van der Waals surface area contributed by atoms with Gasteiger partial charge in [-0.2, -0.15) is 0 Å². The van der Waals surface area contributed by atoms with E-state index in [1.54, 1.807) is 0 Å². The molecule has 1 unspecified atom stereocenters. The Morgan fingerprint density at radius 3 is 1.55 bits per heavy atom. The van der Waals surface area contributed by atoms with Crippen LogP contribution in [0.15, 0.2) is 40.9 Å². The van der Waals surface area contributed by atoms with E-state index >= 15 is 0 Å². The summed E-state index contributed by atoms with van der Waals surface area (Å²) < 4.78 is 58.2. The summed E-state index contributed by atoms with van der Waals surface area (Å²) in [5.41, 5.74) is 0. The van der Waals surface area contributed by atoms with E-state index in [4.69, 9.17) is 41.0 Å². The van der Waals surface area contributed by atoms with Crippen LogP contribution in [0.5, 0.6) is 0 Å². The van der Waals surface area contributed by atoms with Gasteiger partial charge in [-0.1, -0.05) is 0 Å². The van der Waals surface area contributed by atoms with E-state index in [0.717, 1.165) is 0 Å². The summed E-state index contributed by atoms with van der Waals surface area (Å²) in [5, 5.41) is 9.11. The number of carbonyl (C=O) groups is 2. The summed E-state index contributed by atoms with van der Waals surface area (Å²) >= 11 is 0. The van der Waals surface area contributed by atoms with Crippen molar-refractivity contribution in [2.75, 3.05) is 6.16 Å². The number of aliphatic carboxylic acids is 1. The van der Waals surface area contributed by atoms with Crippen LogP contribution >= 0.6 is 7.60 Å². The number of hydrogen-bond acceptors (Lipinski definition) is 15. The Labute approximate surface area is 211 Å². The van der Waals surface area contributed by atoms with Crippen LogP contribution in [-0.4, -0.2) is 23.2 Å². The van der Waals surface area contributed by atoms with E-state index in [1.807, 2.05) is 0 Å². The van der Waals surface area contributed by atoms with Crippen molar-refractivity contribution in [3.05, 3.63) is 66.4 Å². The van der Waals surface area contributed by atoms with Crippen molar-refractivity contribution >= 4 is 19.5 Å². The smallest absolute Gasteiger partial charge is 0.481 e. The van der Waals surface area contributed by atoms with Gasteiger partial charge in [0.15, 0.2) is 29.6 Å². The molecular weight excluding hydrogens is 539 g/mol. The minimum atomic E-state index is -4.34. The van der Waals surface area contributed by atoms with Gasteiger partial charge in [0.2, 0.25) is 0 Å². The molecule has 0 amide bonds. The Balaban J connectivity index is 1.81. The van der Waals surface area contributed by atoms with Crippen molar-refractivity contribution in [2.24, 2.45) is 5.92 Å². The highest BCUT2D eigenvalue weighted by Crippen LogP contribution is 2.52. The average Bonchev–Trinajstić information content (AvgIpc) is 3.45. The van der Waals surface area contributed by atoms with Crippen LogP contribution in [-0.2, 0) is 47.8 Å². The van der Waals surface area contributed by atoms with E-state index in [0.29, 0.717) is 0 Å². The van der Waals surface area contributed by atoms with E-state index in [1.165, 1.54) is 20.8 Å². The Bertz CT molecular complexity index is 1430. The van der Waals surface area contributed by atoms with Crippen LogP contribution in [0.3, 0.4) is 0 Å². The van der Waals surface area contributed by atoms with Crippen LogP contribution in [0.25, 0.3) is 0 Å². The molecule has 208 valence electrons. The molecule has 0 aliphatic carbocycles. The quantitative estimate of drug-likeness (QED) is 0.219. The number of aryl methyl sites for hydroxylation is 3. The molecule has 3 rings (SSSR count). The molecule has 0 bridgehead atoms. The summed E-state index contributed by atoms with van der Waals surface area (Å²) in [6.07, 6.45) is -1.53. The predicted octanol–water partition coefficient (Wildman–Crippen LogP) is 2.40. The third kappa shape index (κ3) is 7.81. The lowest BCUT2D eigenvalue weighted by Gasteiger charge is -2.22. The molecular formula is C21H23O16P. The molecule has 3 aromatic heterocycles. The molecule has 16 nitrogen and oxygen atoms in total. The van der Waals surface area contributed by atoms with Crippen LogP contribution in [0.1, 0.15) is 47.4 Å². The molecule has 38 heavy (non-hydrogen) atoms. The van der Waals surface area contributed by atoms with Crippen LogP contribution in [0.4, 0.5) is 0 Å². The maximum absolute atomic E-state index is 13.7. The number of carboxylic acids is 1. The van der Waals surface area contributed by atoms with Gasteiger partial charge in [-0.05, 0) is 27.2 Å².